The second kappa shape index (κ2) is 27.6. The summed E-state index contributed by atoms with van der Waals surface area (Å²) in [5.41, 5.74) is -0.498. The van der Waals surface area contributed by atoms with E-state index in [1.54, 1.807) is 0 Å². The average Bonchev–Trinajstić information content (AvgIpc) is 3.10. The van der Waals surface area contributed by atoms with E-state index in [1.165, 1.54) is 204 Å². The van der Waals surface area contributed by atoms with Crippen molar-refractivity contribution in [2.45, 2.75) is 187 Å². The maximum Gasteiger partial charge on any atom is 0.238 e. The molecule has 0 bridgehead atoms. The normalized spacial score (nSPS) is 11.2. The molecule has 0 aliphatic heterocycles. The number of benzene rings is 2. The summed E-state index contributed by atoms with van der Waals surface area (Å²) in [6.45, 7) is 4.61. The fourth-order valence-electron chi connectivity index (χ4n) is 6.65. The van der Waals surface area contributed by atoms with Crippen LogP contribution in [0.4, 0.5) is 0 Å². The average molecular weight is 695 g/mol. The van der Waals surface area contributed by atoms with Crippen LogP contribution in [0.2, 0.25) is 0 Å². The third kappa shape index (κ3) is 18.2. The van der Waals surface area contributed by atoms with E-state index in [0.29, 0.717) is 5.56 Å². The largest absolute Gasteiger partial charge is 0.508 e. The number of fused-ring (bicyclic) bond motifs is 1. The molecule has 2 aromatic carbocycles. The lowest BCUT2D eigenvalue weighted by Crippen LogP contribution is -2.02. The minimum atomic E-state index is -0.808. The molecule has 6 nitrogen and oxygen atoms in total. The monoisotopic (exact) mass is 695 g/mol. The van der Waals surface area contributed by atoms with Gasteiger partial charge in [-0.15, -0.1) is 0 Å². The van der Waals surface area contributed by atoms with Gasteiger partial charge in [0.05, 0.1) is 0 Å². The van der Waals surface area contributed by atoms with Gasteiger partial charge in [0, 0.05) is 17.7 Å². The number of aromatic hydroxyl groups is 4. The van der Waals surface area contributed by atoms with Crippen LogP contribution in [0.1, 0.15) is 187 Å². The minimum Gasteiger partial charge on any atom is -0.508 e. The smallest absolute Gasteiger partial charge is 0.238 e. The molecule has 3 aromatic rings. The summed E-state index contributed by atoms with van der Waals surface area (Å²) in [7, 11) is 0. The number of phenolic OH excluding ortho intramolecular Hbond substituents is 3. The molecule has 6 heteroatoms. The summed E-state index contributed by atoms with van der Waals surface area (Å²) in [6.07, 6.45) is 39.9. The molecule has 0 aliphatic carbocycles. The maximum absolute atomic E-state index is 12.1. The molecule has 0 saturated heterocycles. The van der Waals surface area contributed by atoms with Gasteiger partial charge in [-0.25, -0.2) is 0 Å². The van der Waals surface area contributed by atoms with Gasteiger partial charge in [-0.2, -0.15) is 0 Å². The fourth-order valence-corrected chi connectivity index (χ4v) is 6.65. The Bertz CT molecular complexity index is 1300. The van der Waals surface area contributed by atoms with Crippen molar-refractivity contribution in [1.29, 1.82) is 0 Å². The molecule has 0 amide bonds. The molecule has 3 rings (SSSR count). The third-order valence-corrected chi connectivity index (χ3v) is 9.77. The molecular weight excluding hydrogens is 624 g/mol. The zero-order valence-electron chi connectivity index (χ0n) is 31.7. The SMILES string of the molecule is CCCCCCCCCCCCCCCCCCCCCCCCCCCCC.O=c1c(O)c(-c2ccc(O)cc2)oc2cc(O)cc(O)c12. The van der Waals surface area contributed by atoms with Crippen LogP contribution >= 0.6 is 0 Å². The Morgan fingerprint density at radius 3 is 1.14 bits per heavy atom. The molecule has 0 spiro atoms. The van der Waals surface area contributed by atoms with Gasteiger partial charge in [-0.05, 0) is 24.3 Å². The number of unbranched alkanes of at least 4 members (excludes halogenated alkanes) is 26. The van der Waals surface area contributed by atoms with Gasteiger partial charge in [0.25, 0.3) is 0 Å². The van der Waals surface area contributed by atoms with Crippen molar-refractivity contribution in [3.8, 4) is 34.3 Å². The highest BCUT2D eigenvalue weighted by Gasteiger charge is 2.18. The molecule has 0 fully saturated rings. The zero-order chi connectivity index (χ0) is 36.2. The summed E-state index contributed by atoms with van der Waals surface area (Å²) in [5, 5.41) is 38.1. The molecule has 1 heterocycles. The molecule has 50 heavy (non-hydrogen) atoms. The van der Waals surface area contributed by atoms with Crippen LogP contribution < -0.4 is 5.43 Å². The second-order valence-corrected chi connectivity index (χ2v) is 14.3. The van der Waals surface area contributed by atoms with E-state index in [-0.39, 0.29) is 28.2 Å². The van der Waals surface area contributed by atoms with Crippen LogP contribution in [-0.2, 0) is 0 Å². The number of hydrogen-bond acceptors (Lipinski definition) is 6. The Kier molecular flexibility index (Phi) is 23.7. The first-order valence-corrected chi connectivity index (χ1v) is 20.4. The van der Waals surface area contributed by atoms with E-state index in [2.05, 4.69) is 13.8 Å². The van der Waals surface area contributed by atoms with Crippen LogP contribution in [-0.4, -0.2) is 20.4 Å². The van der Waals surface area contributed by atoms with E-state index in [9.17, 15) is 25.2 Å². The van der Waals surface area contributed by atoms with Crippen LogP contribution in [0.25, 0.3) is 22.3 Å². The van der Waals surface area contributed by atoms with Crippen molar-refractivity contribution in [1.82, 2.24) is 0 Å². The third-order valence-electron chi connectivity index (χ3n) is 9.77. The van der Waals surface area contributed by atoms with Gasteiger partial charge in [-0.1, -0.05) is 187 Å². The van der Waals surface area contributed by atoms with Crippen molar-refractivity contribution in [2.24, 2.45) is 0 Å². The first-order chi connectivity index (χ1) is 24.4. The first kappa shape index (κ1) is 43.0. The Labute approximate surface area is 303 Å². The molecule has 0 radical (unpaired) electrons. The Balaban J connectivity index is 0.000000361. The summed E-state index contributed by atoms with van der Waals surface area (Å²) >= 11 is 0. The first-order valence-electron chi connectivity index (χ1n) is 20.4. The topological polar surface area (TPSA) is 111 Å². The molecule has 1 aromatic heterocycles. The molecule has 0 aliphatic rings. The van der Waals surface area contributed by atoms with E-state index in [0.717, 1.165) is 6.07 Å². The van der Waals surface area contributed by atoms with Crippen molar-refractivity contribution in [3.05, 3.63) is 46.6 Å². The van der Waals surface area contributed by atoms with E-state index in [1.807, 2.05) is 0 Å². The van der Waals surface area contributed by atoms with Crippen molar-refractivity contribution < 1.29 is 24.8 Å². The summed E-state index contributed by atoms with van der Waals surface area (Å²) in [4.78, 5) is 12.1. The maximum atomic E-state index is 12.1. The molecule has 4 N–H and O–H groups in total. The quantitative estimate of drug-likeness (QED) is 0.0591. The fraction of sp³-hybridized carbons (Fsp3) is 0.659. The molecule has 282 valence electrons. The molecule has 0 atom stereocenters. The van der Waals surface area contributed by atoms with E-state index in [4.69, 9.17) is 4.42 Å². The Morgan fingerprint density at radius 2 is 0.800 bits per heavy atom. The van der Waals surface area contributed by atoms with Crippen LogP contribution in [0.5, 0.6) is 23.0 Å². The highest BCUT2D eigenvalue weighted by atomic mass is 16.4. The molecule has 0 unspecified atom stereocenters. The van der Waals surface area contributed by atoms with Crippen LogP contribution in [0.3, 0.4) is 0 Å². The lowest BCUT2D eigenvalue weighted by atomic mass is 10.0. The zero-order valence-corrected chi connectivity index (χ0v) is 31.7. The highest BCUT2D eigenvalue weighted by molar-refractivity contribution is 5.88. The van der Waals surface area contributed by atoms with Gasteiger partial charge >= 0.3 is 0 Å². The van der Waals surface area contributed by atoms with Crippen molar-refractivity contribution in [2.75, 3.05) is 0 Å². The summed E-state index contributed by atoms with van der Waals surface area (Å²) in [5.74, 6) is -1.50. The van der Waals surface area contributed by atoms with E-state index < -0.39 is 16.9 Å². The van der Waals surface area contributed by atoms with Crippen LogP contribution in [0.15, 0.2) is 45.6 Å². The lowest BCUT2D eigenvalue weighted by molar-refractivity contribution is 0.438. The number of hydrogen-bond donors (Lipinski definition) is 4. The van der Waals surface area contributed by atoms with Gasteiger partial charge < -0.3 is 24.8 Å². The Morgan fingerprint density at radius 1 is 0.460 bits per heavy atom. The second-order valence-electron chi connectivity index (χ2n) is 14.3. The summed E-state index contributed by atoms with van der Waals surface area (Å²) < 4.78 is 5.41. The van der Waals surface area contributed by atoms with Gasteiger partial charge in [0.1, 0.15) is 28.2 Å². The van der Waals surface area contributed by atoms with Crippen molar-refractivity contribution in [3.63, 3.8) is 0 Å². The number of phenols is 3. The van der Waals surface area contributed by atoms with Gasteiger partial charge in [0.2, 0.25) is 11.2 Å². The molecular formula is C44H70O6. The van der Waals surface area contributed by atoms with Gasteiger partial charge in [0.15, 0.2) is 5.76 Å². The van der Waals surface area contributed by atoms with Gasteiger partial charge in [-0.3, -0.25) is 4.79 Å². The van der Waals surface area contributed by atoms with Crippen molar-refractivity contribution >= 4 is 11.0 Å². The predicted molar refractivity (Wildman–Crippen MR) is 211 cm³/mol. The Hall–Kier alpha value is -3.15. The standard InChI is InChI=1S/C29H60.C15H10O6/c1-3-5-7-9-11-13-15-17-19-21-23-25-27-29-28-26-24-22-20-18-16-14-12-10-8-6-4-2;16-8-3-1-7(2-4-8)15-14(20)13(19)12-10(18)5-9(17)6-11(12)21-15/h3-29H2,1-2H3;1-6,16-18,20H. The minimum absolute atomic E-state index is 0.0247. The van der Waals surface area contributed by atoms with E-state index >= 15 is 0 Å². The molecule has 0 saturated carbocycles. The lowest BCUT2D eigenvalue weighted by Gasteiger charge is -2.07. The highest BCUT2D eigenvalue weighted by Crippen LogP contribution is 2.35. The number of rotatable bonds is 27. The summed E-state index contributed by atoms with van der Waals surface area (Å²) in [6, 6.07) is 7.82. The van der Waals surface area contributed by atoms with Crippen LogP contribution in [0, 0.1) is 0 Å². The predicted octanol–water partition coefficient (Wildman–Crippen LogP) is 13.8.